The van der Waals surface area contributed by atoms with Crippen molar-refractivity contribution in [2.45, 2.75) is 41.5 Å². The molecular formula is C22H23NO5S. The predicted octanol–water partition coefficient (Wildman–Crippen LogP) is 1.63. The zero-order valence-electron chi connectivity index (χ0n) is 15.7. The number of aliphatic hydroxyl groups excluding tert-OH is 4. The van der Waals surface area contributed by atoms with E-state index in [0.717, 1.165) is 33.3 Å². The average Bonchev–Trinajstić information content (AvgIpc) is 3.30. The van der Waals surface area contributed by atoms with E-state index in [-0.39, 0.29) is 6.61 Å². The molecule has 2 aliphatic heterocycles. The van der Waals surface area contributed by atoms with Crippen molar-refractivity contribution in [2.75, 3.05) is 6.61 Å². The van der Waals surface area contributed by atoms with E-state index in [0.29, 0.717) is 13.0 Å². The molecular weight excluding hydrogens is 390 g/mol. The number of aromatic nitrogens is 1. The molecule has 1 aromatic heterocycles. The topological polar surface area (TPSA) is 106 Å². The van der Waals surface area contributed by atoms with Crippen molar-refractivity contribution in [1.29, 1.82) is 0 Å². The first kappa shape index (κ1) is 19.1. The summed E-state index contributed by atoms with van der Waals surface area (Å²) in [6.45, 7) is -0.00215. The molecule has 152 valence electrons. The number of fused-ring (bicyclic) bond motifs is 3. The predicted molar refractivity (Wildman–Crippen MR) is 110 cm³/mol. The minimum Gasteiger partial charge on any atom is -0.395 e. The van der Waals surface area contributed by atoms with Gasteiger partial charge in [-0.3, -0.25) is 0 Å². The molecule has 2 aliphatic rings. The van der Waals surface area contributed by atoms with Gasteiger partial charge in [0.05, 0.1) is 24.6 Å². The van der Waals surface area contributed by atoms with E-state index in [1.54, 1.807) is 0 Å². The van der Waals surface area contributed by atoms with Gasteiger partial charge in [-0.1, -0.05) is 36.4 Å². The molecule has 0 amide bonds. The third-order valence-electron chi connectivity index (χ3n) is 5.92. The number of rotatable bonds is 3. The summed E-state index contributed by atoms with van der Waals surface area (Å²) in [7, 11) is 0. The van der Waals surface area contributed by atoms with Crippen LogP contribution in [0, 0.1) is 0 Å². The van der Waals surface area contributed by atoms with E-state index in [1.165, 1.54) is 11.8 Å². The van der Waals surface area contributed by atoms with Gasteiger partial charge in [0.1, 0.15) is 12.2 Å². The summed E-state index contributed by atoms with van der Waals surface area (Å²) in [6.07, 6.45) is -3.22. The monoisotopic (exact) mass is 413 g/mol. The first-order chi connectivity index (χ1) is 14.0. The van der Waals surface area contributed by atoms with Crippen LogP contribution in [0.5, 0.6) is 0 Å². The molecule has 2 aromatic carbocycles. The summed E-state index contributed by atoms with van der Waals surface area (Å²) in [4.78, 5) is 2.23. The molecule has 6 nitrogen and oxygen atoms in total. The second kappa shape index (κ2) is 7.12. The molecule has 0 unspecified atom stereocenters. The van der Waals surface area contributed by atoms with Crippen molar-refractivity contribution in [3.05, 3.63) is 70.9 Å². The molecule has 3 aromatic rings. The summed E-state index contributed by atoms with van der Waals surface area (Å²) >= 11 is 1.18. The lowest BCUT2D eigenvalue weighted by Gasteiger charge is -2.45. The van der Waals surface area contributed by atoms with E-state index in [9.17, 15) is 20.4 Å². The van der Waals surface area contributed by atoms with Gasteiger partial charge in [0.2, 0.25) is 0 Å². The third kappa shape index (κ3) is 3.01. The second-order valence-electron chi connectivity index (χ2n) is 7.77. The minimum absolute atomic E-state index is 0.313. The van der Waals surface area contributed by atoms with E-state index in [2.05, 4.69) is 17.1 Å². The zero-order valence-corrected chi connectivity index (χ0v) is 16.5. The highest BCUT2D eigenvalue weighted by Crippen LogP contribution is 2.54. The number of hydrogen-bond donors (Lipinski definition) is 5. The van der Waals surface area contributed by atoms with Gasteiger partial charge >= 0.3 is 0 Å². The normalized spacial score (nSPS) is 31.4. The Balaban J connectivity index is 1.50. The van der Waals surface area contributed by atoms with Crippen LogP contribution in [0.4, 0.5) is 0 Å². The van der Waals surface area contributed by atoms with Crippen LogP contribution in [0.1, 0.15) is 22.4 Å². The first-order valence-corrected chi connectivity index (χ1v) is 10.6. The number of nitrogens with one attached hydrogen (secondary N) is 1. The molecule has 0 bridgehead atoms. The lowest BCUT2D eigenvalue weighted by Crippen LogP contribution is -2.58. The van der Waals surface area contributed by atoms with Gasteiger partial charge in [0.25, 0.3) is 0 Å². The molecule has 5 N–H and O–H groups in total. The summed E-state index contributed by atoms with van der Waals surface area (Å²) in [5.74, 6) is 0. The Bertz CT molecular complexity index is 1020. The van der Waals surface area contributed by atoms with Crippen LogP contribution in [-0.4, -0.2) is 55.6 Å². The molecule has 0 radical (unpaired) electrons. The Hall–Kier alpha value is -1.87. The smallest absolute Gasteiger partial charge is 0.168 e. The first-order valence-electron chi connectivity index (χ1n) is 9.67. The Kier molecular flexibility index (Phi) is 4.70. The summed E-state index contributed by atoms with van der Waals surface area (Å²) in [5, 5.41) is 41.5. The standard InChI is InChI=1S/C22H23NO5S/c24-10-18-19(25)20(26)21(27)22(29-18)16-8-12(5-6-14(16)11-28-22)7-15-9-13-3-1-2-4-17(13)23-15/h1-6,8-9,18-21,23-27H,7,10-11H2/t18-,19-,20+,21-,22+/m1/s1. The maximum absolute atomic E-state index is 10.8. The molecule has 1 saturated heterocycles. The number of aromatic amines is 1. The van der Waals surface area contributed by atoms with Crippen LogP contribution < -0.4 is 0 Å². The van der Waals surface area contributed by atoms with Crippen LogP contribution in [0.3, 0.4) is 0 Å². The van der Waals surface area contributed by atoms with Gasteiger partial charge in [-0.25, -0.2) is 0 Å². The van der Waals surface area contributed by atoms with Crippen LogP contribution in [0.2, 0.25) is 0 Å². The van der Waals surface area contributed by atoms with Crippen molar-refractivity contribution >= 4 is 22.7 Å². The van der Waals surface area contributed by atoms with E-state index < -0.39 is 28.5 Å². The van der Waals surface area contributed by atoms with Crippen molar-refractivity contribution < 1.29 is 25.2 Å². The number of benzene rings is 2. The number of thioether (sulfide) groups is 1. The van der Waals surface area contributed by atoms with Crippen molar-refractivity contribution in [3.8, 4) is 0 Å². The maximum Gasteiger partial charge on any atom is 0.168 e. The van der Waals surface area contributed by atoms with Crippen LogP contribution in [0.25, 0.3) is 10.9 Å². The number of para-hydroxylation sites is 1. The van der Waals surface area contributed by atoms with Crippen molar-refractivity contribution in [1.82, 2.24) is 4.98 Å². The molecule has 0 saturated carbocycles. The van der Waals surface area contributed by atoms with Gasteiger partial charge < -0.3 is 30.1 Å². The van der Waals surface area contributed by atoms with Gasteiger partial charge in [-0.2, -0.15) is 0 Å². The van der Waals surface area contributed by atoms with Gasteiger partial charge in [0, 0.05) is 23.2 Å². The summed E-state index contributed by atoms with van der Waals surface area (Å²) < 4.78 is 5.99. The fourth-order valence-corrected chi connectivity index (χ4v) is 5.93. The highest BCUT2D eigenvalue weighted by molar-refractivity contribution is 8.00. The Labute approximate surface area is 172 Å². The van der Waals surface area contributed by atoms with Crippen molar-refractivity contribution in [2.24, 2.45) is 0 Å². The SMILES string of the molecule is OC[C@H]1S[C@]2(OCc3ccc(Cc4cc5ccccc5[nH]4)cc32)[C@H](O)[C@@H](O)[C@@H]1O. The van der Waals surface area contributed by atoms with Crippen LogP contribution in [-0.2, 0) is 22.7 Å². The minimum atomic E-state index is -1.39. The number of hydrogen-bond acceptors (Lipinski definition) is 6. The van der Waals surface area contributed by atoms with Gasteiger partial charge in [-0.05, 0) is 28.6 Å². The van der Waals surface area contributed by atoms with Crippen molar-refractivity contribution in [3.63, 3.8) is 0 Å². The quantitative estimate of drug-likeness (QED) is 0.447. The zero-order chi connectivity index (χ0) is 20.2. The molecule has 3 heterocycles. The molecule has 0 aliphatic carbocycles. The van der Waals surface area contributed by atoms with Crippen LogP contribution >= 0.6 is 11.8 Å². The third-order valence-corrected chi connectivity index (χ3v) is 7.58. The van der Waals surface area contributed by atoms with E-state index >= 15 is 0 Å². The van der Waals surface area contributed by atoms with E-state index in [1.807, 2.05) is 36.4 Å². The molecule has 29 heavy (non-hydrogen) atoms. The molecule has 5 atom stereocenters. The lowest BCUT2D eigenvalue weighted by atomic mass is 9.91. The largest absolute Gasteiger partial charge is 0.395 e. The molecule has 5 rings (SSSR count). The number of H-pyrrole nitrogens is 1. The highest BCUT2D eigenvalue weighted by Gasteiger charge is 2.57. The maximum atomic E-state index is 10.8. The Morgan fingerprint density at radius 3 is 2.69 bits per heavy atom. The Morgan fingerprint density at radius 1 is 1.07 bits per heavy atom. The van der Waals surface area contributed by atoms with E-state index in [4.69, 9.17) is 4.74 Å². The fourth-order valence-electron chi connectivity index (χ4n) is 4.38. The molecule has 1 spiro atoms. The average molecular weight is 413 g/mol. The van der Waals surface area contributed by atoms with Gasteiger partial charge in [-0.15, -0.1) is 11.8 Å². The fraction of sp³-hybridized carbons (Fsp3) is 0.364. The second-order valence-corrected chi connectivity index (χ2v) is 9.22. The molecule has 7 heteroatoms. The highest BCUT2D eigenvalue weighted by atomic mass is 32.2. The Morgan fingerprint density at radius 2 is 1.90 bits per heavy atom. The van der Waals surface area contributed by atoms with Crippen LogP contribution in [0.15, 0.2) is 48.5 Å². The summed E-state index contributed by atoms with van der Waals surface area (Å²) in [5.41, 5.74) is 4.96. The molecule has 1 fully saturated rings. The lowest BCUT2D eigenvalue weighted by molar-refractivity contribution is -0.147. The summed E-state index contributed by atoms with van der Waals surface area (Å²) in [6, 6.07) is 16.3. The van der Waals surface area contributed by atoms with Gasteiger partial charge in [0.15, 0.2) is 4.93 Å². The number of ether oxygens (including phenoxy) is 1. The number of aliphatic hydroxyl groups is 4.